The number of nitrogens with zero attached hydrogens (tertiary/aromatic N) is 1. The van der Waals surface area contributed by atoms with Crippen molar-refractivity contribution in [2.24, 2.45) is 0 Å². The van der Waals surface area contributed by atoms with Gasteiger partial charge in [-0.15, -0.1) is 11.6 Å². The van der Waals surface area contributed by atoms with Crippen LogP contribution in [0.4, 0.5) is 0 Å². The molecule has 1 nitrogen and oxygen atoms in total. The van der Waals surface area contributed by atoms with Gasteiger partial charge in [0.1, 0.15) is 0 Å². The maximum Gasteiger partial charge on any atom is 0.0227 e. The van der Waals surface area contributed by atoms with E-state index in [0.29, 0.717) is 0 Å². The Labute approximate surface area is 86.3 Å². The lowest BCUT2D eigenvalue weighted by Crippen LogP contribution is -2.10. The normalized spacial score (nSPS) is 9.31. The van der Waals surface area contributed by atoms with Gasteiger partial charge in [-0.25, -0.2) is 0 Å². The summed E-state index contributed by atoms with van der Waals surface area (Å²) in [4.78, 5) is 2.16. The summed E-state index contributed by atoms with van der Waals surface area (Å²) < 4.78 is 0. The van der Waals surface area contributed by atoms with Crippen molar-refractivity contribution in [2.45, 2.75) is 13.5 Å². The minimum atomic E-state index is 0.722. The number of halogens is 1. The van der Waals surface area contributed by atoms with E-state index in [1.54, 1.807) is 0 Å². The highest BCUT2D eigenvalue weighted by Gasteiger charge is 1.90. The van der Waals surface area contributed by atoms with Crippen LogP contribution in [0.25, 0.3) is 0 Å². The summed E-state index contributed by atoms with van der Waals surface area (Å²) in [6.07, 6.45) is 0. The summed E-state index contributed by atoms with van der Waals surface area (Å²) in [5.74, 6) is 0.722. The molecule has 0 aromatic heterocycles. The summed E-state index contributed by atoms with van der Waals surface area (Å²) in [6, 6.07) is 10.5. The number of alkyl halides is 1. The molecule has 0 spiro atoms. The lowest BCUT2D eigenvalue weighted by molar-refractivity contribution is 0.402. The molecule has 1 aromatic rings. The van der Waals surface area contributed by atoms with Crippen molar-refractivity contribution in [1.82, 2.24) is 4.90 Å². The molecule has 1 rings (SSSR count). The van der Waals surface area contributed by atoms with E-state index in [1.165, 1.54) is 5.56 Å². The molecule has 0 bridgehead atoms. The minimum absolute atomic E-state index is 0.722. The van der Waals surface area contributed by atoms with Gasteiger partial charge in [0.15, 0.2) is 0 Å². The Kier molecular flexibility index (Phi) is 7.76. The third kappa shape index (κ3) is 7.82. The summed E-state index contributed by atoms with van der Waals surface area (Å²) in [5, 5.41) is 0. The fourth-order valence-corrected chi connectivity index (χ4v) is 0.949. The average Bonchev–Trinajstić information content (AvgIpc) is 2.06. The van der Waals surface area contributed by atoms with Crippen molar-refractivity contribution in [3.8, 4) is 0 Å². The zero-order valence-corrected chi connectivity index (χ0v) is 9.38. The Hall–Kier alpha value is -0.530. The first-order valence-electron chi connectivity index (χ1n) is 4.45. The van der Waals surface area contributed by atoms with E-state index in [1.807, 2.05) is 13.0 Å². The molecule has 0 radical (unpaired) electrons. The Morgan fingerprint density at radius 1 is 1.15 bits per heavy atom. The van der Waals surface area contributed by atoms with Crippen LogP contribution in [0.15, 0.2) is 30.3 Å². The van der Waals surface area contributed by atoms with Crippen LogP contribution in [0.1, 0.15) is 12.5 Å². The molecule has 1 aromatic carbocycles. The number of rotatable bonds is 2. The monoisotopic (exact) mass is 199 g/mol. The maximum atomic E-state index is 5.00. The highest BCUT2D eigenvalue weighted by atomic mass is 35.5. The van der Waals surface area contributed by atoms with Crippen LogP contribution in [0, 0.1) is 0 Å². The number of benzene rings is 1. The molecule has 13 heavy (non-hydrogen) atoms. The standard InChI is InChI=1S/C9H13N.C2H5Cl/c1-10(2)8-9-6-4-3-5-7-9;1-2-3/h3-7H,8H2,1-2H3;2H2,1H3. The summed E-state index contributed by atoms with van der Waals surface area (Å²) in [5.41, 5.74) is 1.37. The van der Waals surface area contributed by atoms with E-state index < -0.39 is 0 Å². The second kappa shape index (κ2) is 8.09. The van der Waals surface area contributed by atoms with Crippen LogP contribution in [-0.4, -0.2) is 24.9 Å². The molecule has 0 aliphatic carbocycles. The highest BCUT2D eigenvalue weighted by Crippen LogP contribution is 1.99. The average molecular weight is 200 g/mol. The molecule has 0 aliphatic heterocycles. The third-order valence-electron chi connectivity index (χ3n) is 1.34. The Bertz CT molecular complexity index is 197. The predicted molar refractivity (Wildman–Crippen MR) is 60.2 cm³/mol. The van der Waals surface area contributed by atoms with Gasteiger partial charge < -0.3 is 4.90 Å². The lowest BCUT2D eigenvalue weighted by Gasteiger charge is -2.08. The predicted octanol–water partition coefficient (Wildman–Crippen LogP) is 2.99. The van der Waals surface area contributed by atoms with Gasteiger partial charge in [0.2, 0.25) is 0 Å². The van der Waals surface area contributed by atoms with E-state index in [-0.39, 0.29) is 0 Å². The van der Waals surface area contributed by atoms with Gasteiger partial charge in [-0.1, -0.05) is 37.3 Å². The van der Waals surface area contributed by atoms with Gasteiger partial charge in [0.25, 0.3) is 0 Å². The molecule has 0 aliphatic rings. The zero-order chi connectivity index (χ0) is 10.1. The molecular weight excluding hydrogens is 182 g/mol. The summed E-state index contributed by atoms with van der Waals surface area (Å²) in [6.45, 7) is 2.92. The second-order valence-electron chi connectivity index (χ2n) is 2.99. The molecule has 0 saturated carbocycles. The molecule has 0 fully saturated rings. The second-order valence-corrected chi connectivity index (χ2v) is 3.53. The molecule has 74 valence electrons. The van der Waals surface area contributed by atoms with Crippen molar-refractivity contribution in [3.05, 3.63) is 35.9 Å². The molecule has 0 heterocycles. The fraction of sp³-hybridized carbons (Fsp3) is 0.455. The first kappa shape index (κ1) is 12.5. The highest BCUT2D eigenvalue weighted by molar-refractivity contribution is 6.17. The quantitative estimate of drug-likeness (QED) is 0.662. The molecule has 0 atom stereocenters. The van der Waals surface area contributed by atoms with Gasteiger partial charge in [0.05, 0.1) is 0 Å². The molecule has 0 amide bonds. The van der Waals surface area contributed by atoms with Crippen molar-refractivity contribution in [3.63, 3.8) is 0 Å². The minimum Gasteiger partial charge on any atom is -0.305 e. The van der Waals surface area contributed by atoms with Gasteiger partial charge in [-0.3, -0.25) is 0 Å². The third-order valence-corrected chi connectivity index (χ3v) is 1.34. The number of hydrogen-bond acceptors (Lipinski definition) is 1. The van der Waals surface area contributed by atoms with Crippen LogP contribution < -0.4 is 0 Å². The van der Waals surface area contributed by atoms with Gasteiger partial charge >= 0.3 is 0 Å². The molecule has 0 saturated heterocycles. The summed E-state index contributed by atoms with van der Waals surface area (Å²) >= 11 is 5.00. The van der Waals surface area contributed by atoms with E-state index in [0.717, 1.165) is 12.4 Å². The fourth-order valence-electron chi connectivity index (χ4n) is 0.949. The van der Waals surface area contributed by atoms with E-state index in [4.69, 9.17) is 11.6 Å². The summed E-state index contributed by atoms with van der Waals surface area (Å²) in [7, 11) is 4.15. The van der Waals surface area contributed by atoms with Gasteiger partial charge in [0, 0.05) is 12.4 Å². The van der Waals surface area contributed by atoms with Crippen LogP contribution in [0.2, 0.25) is 0 Å². The largest absolute Gasteiger partial charge is 0.305 e. The lowest BCUT2D eigenvalue weighted by atomic mass is 10.2. The van der Waals surface area contributed by atoms with E-state index in [2.05, 4.69) is 43.3 Å². The van der Waals surface area contributed by atoms with Crippen molar-refractivity contribution < 1.29 is 0 Å². The van der Waals surface area contributed by atoms with Gasteiger partial charge in [-0.2, -0.15) is 0 Å². The Morgan fingerprint density at radius 2 is 1.62 bits per heavy atom. The van der Waals surface area contributed by atoms with Crippen molar-refractivity contribution in [2.75, 3.05) is 20.0 Å². The van der Waals surface area contributed by atoms with Crippen LogP contribution >= 0.6 is 11.6 Å². The van der Waals surface area contributed by atoms with Crippen molar-refractivity contribution >= 4 is 11.6 Å². The van der Waals surface area contributed by atoms with Gasteiger partial charge in [-0.05, 0) is 19.7 Å². The smallest absolute Gasteiger partial charge is 0.0227 e. The zero-order valence-electron chi connectivity index (χ0n) is 8.63. The van der Waals surface area contributed by atoms with Crippen molar-refractivity contribution in [1.29, 1.82) is 0 Å². The van der Waals surface area contributed by atoms with Crippen LogP contribution in [0.3, 0.4) is 0 Å². The Morgan fingerprint density at radius 3 is 2.00 bits per heavy atom. The molecule has 2 heteroatoms. The Balaban J connectivity index is 0.000000424. The first-order valence-corrected chi connectivity index (χ1v) is 4.98. The van der Waals surface area contributed by atoms with E-state index in [9.17, 15) is 0 Å². The number of hydrogen-bond donors (Lipinski definition) is 0. The topological polar surface area (TPSA) is 3.24 Å². The molecule has 0 unspecified atom stereocenters. The van der Waals surface area contributed by atoms with E-state index >= 15 is 0 Å². The molecule has 0 N–H and O–H groups in total. The maximum absolute atomic E-state index is 5.00. The van der Waals surface area contributed by atoms with Crippen LogP contribution in [0.5, 0.6) is 0 Å². The van der Waals surface area contributed by atoms with Crippen LogP contribution in [-0.2, 0) is 6.54 Å². The SMILES string of the molecule is CCCl.CN(C)Cc1ccccc1. The molecular formula is C11H18ClN. The first-order chi connectivity index (χ1) is 6.20.